The van der Waals surface area contributed by atoms with E-state index in [-0.39, 0.29) is 5.91 Å². The number of benzene rings is 1. The molecule has 1 amide bonds. The zero-order valence-electron chi connectivity index (χ0n) is 12.7. The van der Waals surface area contributed by atoms with Gasteiger partial charge in [-0.1, -0.05) is 36.1 Å². The zero-order chi connectivity index (χ0) is 17.1. The fourth-order valence-electron chi connectivity index (χ4n) is 2.18. The van der Waals surface area contributed by atoms with Gasteiger partial charge in [0.25, 0.3) is 5.91 Å². The van der Waals surface area contributed by atoms with Crippen molar-refractivity contribution in [2.24, 2.45) is 0 Å². The van der Waals surface area contributed by atoms with Crippen molar-refractivity contribution in [3.05, 3.63) is 64.5 Å². The minimum Gasteiger partial charge on any atom is -0.467 e. The van der Waals surface area contributed by atoms with Crippen LogP contribution in [-0.4, -0.2) is 28.2 Å². The van der Waals surface area contributed by atoms with Crippen molar-refractivity contribution in [3.63, 3.8) is 0 Å². The summed E-state index contributed by atoms with van der Waals surface area (Å²) in [6.45, 7) is 0.316. The molecule has 0 bridgehead atoms. The van der Waals surface area contributed by atoms with Crippen LogP contribution < -0.4 is 0 Å². The van der Waals surface area contributed by atoms with Crippen molar-refractivity contribution in [1.29, 1.82) is 0 Å². The first-order valence-electron chi connectivity index (χ1n) is 7.04. The van der Waals surface area contributed by atoms with E-state index in [2.05, 4.69) is 4.74 Å². The summed E-state index contributed by atoms with van der Waals surface area (Å²) in [5, 5.41) is 0. The molecule has 0 N–H and O–H groups in total. The van der Waals surface area contributed by atoms with E-state index in [0.29, 0.717) is 27.1 Å². The molecular weight excluding hydrogens is 346 g/mol. The molecule has 24 heavy (non-hydrogen) atoms. The average Bonchev–Trinajstić information content (AvgIpc) is 3.19. The summed E-state index contributed by atoms with van der Waals surface area (Å²) in [4.78, 5) is 26.0. The van der Waals surface area contributed by atoms with Gasteiger partial charge in [-0.3, -0.25) is 9.69 Å². The molecule has 1 fully saturated rings. The normalized spacial score (nSPS) is 16.0. The van der Waals surface area contributed by atoms with Gasteiger partial charge in [-0.25, -0.2) is 4.79 Å². The van der Waals surface area contributed by atoms with Crippen molar-refractivity contribution < 1.29 is 18.7 Å². The second-order valence-corrected chi connectivity index (χ2v) is 6.64. The van der Waals surface area contributed by atoms with Gasteiger partial charge in [0, 0.05) is 0 Å². The van der Waals surface area contributed by atoms with Crippen LogP contribution in [0.5, 0.6) is 0 Å². The highest BCUT2D eigenvalue weighted by Gasteiger charge is 2.32. The molecule has 1 aromatic heterocycles. The molecule has 1 aliphatic heterocycles. The number of methoxy groups -OCH3 is 1. The maximum Gasteiger partial charge on any atom is 0.337 e. The summed E-state index contributed by atoms with van der Waals surface area (Å²) in [7, 11) is 1.33. The van der Waals surface area contributed by atoms with Crippen molar-refractivity contribution in [1.82, 2.24) is 4.90 Å². The summed E-state index contributed by atoms with van der Waals surface area (Å²) in [5.41, 5.74) is 1.26. The minimum absolute atomic E-state index is 0.154. The first-order chi connectivity index (χ1) is 11.6. The molecule has 0 aliphatic carbocycles. The molecule has 122 valence electrons. The number of carbonyl (C=O) groups is 2. The van der Waals surface area contributed by atoms with E-state index in [0.717, 1.165) is 5.56 Å². The van der Waals surface area contributed by atoms with Crippen LogP contribution in [0.3, 0.4) is 0 Å². The number of thioether (sulfide) groups is 1. The van der Waals surface area contributed by atoms with Crippen LogP contribution in [0.2, 0.25) is 0 Å². The van der Waals surface area contributed by atoms with Crippen LogP contribution >= 0.6 is 24.0 Å². The lowest BCUT2D eigenvalue weighted by Gasteiger charge is -2.11. The van der Waals surface area contributed by atoms with E-state index >= 15 is 0 Å². The van der Waals surface area contributed by atoms with Gasteiger partial charge >= 0.3 is 5.97 Å². The molecule has 5 nitrogen and oxygen atoms in total. The second-order valence-electron chi connectivity index (χ2n) is 4.96. The first kappa shape index (κ1) is 16.5. The average molecular weight is 359 g/mol. The summed E-state index contributed by atoms with van der Waals surface area (Å²) in [5.74, 6) is 0.125. The number of esters is 1. The number of hydrogen-bond acceptors (Lipinski definition) is 6. The quantitative estimate of drug-likeness (QED) is 0.473. The molecule has 2 heterocycles. The van der Waals surface area contributed by atoms with Gasteiger partial charge in [-0.05, 0) is 35.9 Å². The van der Waals surface area contributed by atoms with E-state index in [9.17, 15) is 9.59 Å². The Morgan fingerprint density at radius 3 is 2.71 bits per heavy atom. The van der Waals surface area contributed by atoms with Crippen LogP contribution in [0.1, 0.15) is 21.7 Å². The maximum atomic E-state index is 12.5. The minimum atomic E-state index is -0.397. The largest absolute Gasteiger partial charge is 0.467 e. The van der Waals surface area contributed by atoms with Crippen molar-refractivity contribution in [2.45, 2.75) is 6.54 Å². The van der Waals surface area contributed by atoms with E-state index < -0.39 is 5.97 Å². The Morgan fingerprint density at radius 1 is 1.33 bits per heavy atom. The molecule has 0 radical (unpaired) electrons. The Morgan fingerprint density at radius 2 is 2.08 bits per heavy atom. The molecule has 1 saturated heterocycles. The Kier molecular flexibility index (Phi) is 4.82. The van der Waals surface area contributed by atoms with Crippen LogP contribution in [0, 0.1) is 0 Å². The molecule has 0 saturated carbocycles. The third-order valence-corrected chi connectivity index (χ3v) is 4.77. The Bertz CT molecular complexity index is 810. The third kappa shape index (κ3) is 3.42. The fraction of sp³-hybridized carbons (Fsp3) is 0.118. The molecule has 0 unspecified atom stereocenters. The lowest BCUT2D eigenvalue weighted by Crippen LogP contribution is -2.27. The van der Waals surface area contributed by atoms with Crippen LogP contribution in [0.4, 0.5) is 0 Å². The van der Waals surface area contributed by atoms with Gasteiger partial charge in [-0.15, -0.1) is 0 Å². The summed E-state index contributed by atoms with van der Waals surface area (Å²) >= 11 is 6.53. The Labute approximate surface area is 148 Å². The molecular formula is C17H13NO4S2. The molecule has 7 heteroatoms. The highest BCUT2D eigenvalue weighted by atomic mass is 32.2. The number of amides is 1. The van der Waals surface area contributed by atoms with E-state index in [4.69, 9.17) is 16.6 Å². The maximum absolute atomic E-state index is 12.5. The molecule has 2 aromatic rings. The second kappa shape index (κ2) is 7.02. The number of furan rings is 1. The molecule has 0 spiro atoms. The number of carbonyl (C=O) groups excluding carboxylic acids is 2. The number of ether oxygens (including phenoxy) is 1. The SMILES string of the molecule is COC(=O)c1ccc(C=C2SC(=S)N(Cc3ccco3)C2=O)cc1. The highest BCUT2D eigenvalue weighted by Crippen LogP contribution is 2.33. The van der Waals surface area contributed by atoms with Gasteiger partial charge in [0.15, 0.2) is 0 Å². The monoisotopic (exact) mass is 359 g/mol. The van der Waals surface area contributed by atoms with Crippen molar-refractivity contribution >= 4 is 46.3 Å². The first-order valence-corrected chi connectivity index (χ1v) is 8.27. The molecule has 1 aliphatic rings. The summed E-state index contributed by atoms with van der Waals surface area (Å²) < 4.78 is 10.4. The van der Waals surface area contributed by atoms with Crippen LogP contribution in [-0.2, 0) is 16.1 Å². The van der Waals surface area contributed by atoms with Gasteiger partial charge in [-0.2, -0.15) is 0 Å². The predicted molar refractivity (Wildman–Crippen MR) is 95.2 cm³/mol. The summed E-state index contributed by atoms with van der Waals surface area (Å²) in [6, 6.07) is 10.4. The van der Waals surface area contributed by atoms with Crippen molar-refractivity contribution in [3.8, 4) is 0 Å². The van der Waals surface area contributed by atoms with E-state index in [1.165, 1.54) is 23.8 Å². The topological polar surface area (TPSA) is 59.8 Å². The summed E-state index contributed by atoms with van der Waals surface area (Å²) in [6.07, 6.45) is 3.31. The van der Waals surface area contributed by atoms with Crippen LogP contribution in [0.15, 0.2) is 52.0 Å². The smallest absolute Gasteiger partial charge is 0.337 e. The van der Waals surface area contributed by atoms with Gasteiger partial charge in [0.1, 0.15) is 10.1 Å². The molecule has 3 rings (SSSR count). The molecule has 0 atom stereocenters. The fourth-order valence-corrected chi connectivity index (χ4v) is 3.43. The predicted octanol–water partition coefficient (Wildman–Crippen LogP) is 3.47. The van der Waals surface area contributed by atoms with Gasteiger partial charge < -0.3 is 9.15 Å². The van der Waals surface area contributed by atoms with E-state index in [1.54, 1.807) is 48.7 Å². The highest BCUT2D eigenvalue weighted by molar-refractivity contribution is 8.26. The van der Waals surface area contributed by atoms with Gasteiger partial charge in [0.2, 0.25) is 0 Å². The Balaban J connectivity index is 1.77. The van der Waals surface area contributed by atoms with Crippen molar-refractivity contribution in [2.75, 3.05) is 7.11 Å². The number of hydrogen-bond donors (Lipinski definition) is 0. The standard InChI is InChI=1S/C17H13NO4S2/c1-21-16(20)12-6-4-11(5-7-12)9-14-15(19)18(17(23)24-14)10-13-3-2-8-22-13/h2-9H,10H2,1H3. The number of rotatable bonds is 4. The third-order valence-electron chi connectivity index (χ3n) is 3.40. The molecule has 1 aromatic carbocycles. The zero-order valence-corrected chi connectivity index (χ0v) is 14.4. The van der Waals surface area contributed by atoms with E-state index in [1.807, 2.05) is 0 Å². The lowest BCUT2D eigenvalue weighted by molar-refractivity contribution is -0.122. The number of nitrogens with zero attached hydrogens (tertiary/aromatic N) is 1. The lowest BCUT2D eigenvalue weighted by atomic mass is 10.1. The van der Waals surface area contributed by atoms with Gasteiger partial charge in [0.05, 0.1) is 30.4 Å². The number of thiocarbonyl (C=S) groups is 1. The van der Waals surface area contributed by atoms with Crippen LogP contribution in [0.25, 0.3) is 6.08 Å². The Hall–Kier alpha value is -2.38.